The molecule has 3 aromatic rings. The SMILES string of the molecule is Cc1cnn(C)c1-c1ncc(NC(=O)[C@@H](NC(=O)c2ccnn2C)[C@H]2CC[C@H](C)CC2)cc1F. The lowest BCUT2D eigenvalue weighted by molar-refractivity contribution is -0.119. The fraction of sp³-hybridized carbons (Fsp3) is 0.458. The Morgan fingerprint density at radius 2 is 1.85 bits per heavy atom. The van der Waals surface area contributed by atoms with Crippen LogP contribution in [0.1, 0.15) is 48.7 Å². The lowest BCUT2D eigenvalue weighted by Gasteiger charge is -2.32. The Kier molecular flexibility index (Phi) is 6.76. The van der Waals surface area contributed by atoms with Gasteiger partial charge in [-0.25, -0.2) is 9.37 Å². The van der Waals surface area contributed by atoms with E-state index < -0.39 is 11.9 Å². The van der Waals surface area contributed by atoms with Gasteiger partial charge < -0.3 is 10.6 Å². The number of hydrogen-bond donors (Lipinski definition) is 2. The molecule has 4 rings (SSSR count). The summed E-state index contributed by atoms with van der Waals surface area (Å²) in [6, 6.07) is 2.10. The minimum Gasteiger partial charge on any atom is -0.339 e. The number of aryl methyl sites for hydroxylation is 3. The molecule has 1 atom stereocenters. The van der Waals surface area contributed by atoms with Gasteiger partial charge in [0.25, 0.3) is 5.91 Å². The first-order chi connectivity index (χ1) is 16.2. The monoisotopic (exact) mass is 467 g/mol. The zero-order valence-corrected chi connectivity index (χ0v) is 19.9. The molecule has 0 bridgehead atoms. The molecule has 1 aliphatic rings. The second kappa shape index (κ2) is 9.74. The topological polar surface area (TPSA) is 107 Å². The molecule has 0 spiro atoms. The number of aromatic nitrogens is 5. The van der Waals surface area contributed by atoms with Gasteiger partial charge in [-0.1, -0.05) is 19.8 Å². The first-order valence-corrected chi connectivity index (χ1v) is 11.5. The van der Waals surface area contributed by atoms with Crippen LogP contribution < -0.4 is 10.6 Å². The van der Waals surface area contributed by atoms with Crippen LogP contribution in [0.4, 0.5) is 10.1 Å². The highest BCUT2D eigenvalue weighted by Crippen LogP contribution is 2.31. The van der Waals surface area contributed by atoms with Crippen molar-refractivity contribution in [3.8, 4) is 11.4 Å². The van der Waals surface area contributed by atoms with E-state index in [0.29, 0.717) is 17.3 Å². The Morgan fingerprint density at radius 3 is 2.44 bits per heavy atom. The average Bonchev–Trinajstić information content (AvgIpc) is 3.38. The minimum atomic E-state index is -0.753. The molecular weight excluding hydrogens is 437 g/mol. The highest BCUT2D eigenvalue weighted by atomic mass is 19.1. The van der Waals surface area contributed by atoms with Crippen molar-refractivity contribution in [1.82, 2.24) is 29.9 Å². The number of nitrogens with zero attached hydrogens (tertiary/aromatic N) is 5. The van der Waals surface area contributed by atoms with E-state index in [1.165, 1.54) is 23.1 Å². The molecule has 34 heavy (non-hydrogen) atoms. The quantitative estimate of drug-likeness (QED) is 0.579. The van der Waals surface area contributed by atoms with E-state index in [2.05, 4.69) is 32.7 Å². The normalized spacial score (nSPS) is 19.0. The van der Waals surface area contributed by atoms with Crippen molar-refractivity contribution in [2.75, 3.05) is 5.32 Å². The van der Waals surface area contributed by atoms with Crippen LogP contribution in [0.15, 0.2) is 30.7 Å². The van der Waals surface area contributed by atoms with Crippen molar-refractivity contribution < 1.29 is 14.0 Å². The van der Waals surface area contributed by atoms with Gasteiger partial charge in [0.05, 0.1) is 23.8 Å². The van der Waals surface area contributed by atoms with Crippen molar-refractivity contribution >= 4 is 17.5 Å². The van der Waals surface area contributed by atoms with Crippen molar-refractivity contribution in [1.29, 1.82) is 0 Å². The fourth-order valence-electron chi connectivity index (χ4n) is 4.62. The number of amides is 2. The highest BCUT2D eigenvalue weighted by Gasteiger charge is 2.33. The van der Waals surface area contributed by atoms with E-state index in [4.69, 9.17) is 0 Å². The van der Waals surface area contributed by atoms with Gasteiger partial charge in [0.2, 0.25) is 5.91 Å². The van der Waals surface area contributed by atoms with Gasteiger partial charge in [-0.15, -0.1) is 0 Å². The van der Waals surface area contributed by atoms with Crippen LogP contribution in [0.3, 0.4) is 0 Å². The summed E-state index contributed by atoms with van der Waals surface area (Å²) in [4.78, 5) is 30.4. The van der Waals surface area contributed by atoms with Crippen LogP contribution in [-0.4, -0.2) is 42.4 Å². The first-order valence-electron chi connectivity index (χ1n) is 11.5. The second-order valence-electron chi connectivity index (χ2n) is 9.15. The standard InChI is InChI=1S/C24H30FN7O2/c1-14-5-7-16(8-6-14)20(30-23(33)19-9-10-27-31(19)3)24(34)29-17-11-18(25)21(26-13-17)22-15(2)12-28-32(22)4/h9-14,16,20H,5-8H2,1-4H3,(H,29,34)(H,30,33)/t14-,16-,20-/m0/s1. The Morgan fingerprint density at radius 1 is 1.12 bits per heavy atom. The van der Waals surface area contributed by atoms with Crippen LogP contribution in [0.2, 0.25) is 0 Å². The Labute approximate surface area is 197 Å². The zero-order chi connectivity index (χ0) is 24.4. The Bertz CT molecular complexity index is 1170. The van der Waals surface area contributed by atoms with Gasteiger partial charge in [-0.05, 0) is 43.2 Å². The van der Waals surface area contributed by atoms with Crippen molar-refractivity contribution in [2.24, 2.45) is 25.9 Å². The van der Waals surface area contributed by atoms with Crippen molar-refractivity contribution in [3.05, 3.63) is 47.8 Å². The third-order valence-electron chi connectivity index (χ3n) is 6.61. The largest absolute Gasteiger partial charge is 0.339 e. The number of anilines is 1. The van der Waals surface area contributed by atoms with E-state index in [9.17, 15) is 14.0 Å². The fourth-order valence-corrected chi connectivity index (χ4v) is 4.62. The summed E-state index contributed by atoms with van der Waals surface area (Å²) >= 11 is 0. The molecular formula is C24H30FN7O2. The molecule has 2 amide bonds. The minimum absolute atomic E-state index is 0.0115. The molecule has 0 unspecified atom stereocenters. The van der Waals surface area contributed by atoms with Crippen LogP contribution in [0.25, 0.3) is 11.4 Å². The number of carbonyl (C=O) groups excluding carboxylic acids is 2. The molecule has 3 heterocycles. The van der Waals surface area contributed by atoms with Gasteiger partial charge in [-0.3, -0.25) is 19.0 Å². The molecule has 1 saturated carbocycles. The third kappa shape index (κ3) is 4.85. The number of halogens is 1. The molecule has 3 aromatic heterocycles. The number of pyridine rings is 1. The molecule has 1 aliphatic carbocycles. The maximum Gasteiger partial charge on any atom is 0.270 e. The summed E-state index contributed by atoms with van der Waals surface area (Å²) in [7, 11) is 3.39. The summed E-state index contributed by atoms with van der Waals surface area (Å²) in [5.74, 6) is -0.742. The maximum absolute atomic E-state index is 14.9. The predicted molar refractivity (Wildman–Crippen MR) is 125 cm³/mol. The van der Waals surface area contributed by atoms with Crippen molar-refractivity contribution in [2.45, 2.75) is 45.6 Å². The smallest absolute Gasteiger partial charge is 0.270 e. The van der Waals surface area contributed by atoms with Gasteiger partial charge in [-0.2, -0.15) is 10.2 Å². The van der Waals surface area contributed by atoms with E-state index in [1.54, 1.807) is 31.0 Å². The molecule has 0 aromatic carbocycles. The Hall–Kier alpha value is -3.56. The number of hydrogen-bond acceptors (Lipinski definition) is 5. The molecule has 10 heteroatoms. The van der Waals surface area contributed by atoms with Gasteiger partial charge in [0.1, 0.15) is 17.4 Å². The average molecular weight is 468 g/mol. The number of rotatable bonds is 6. The summed E-state index contributed by atoms with van der Waals surface area (Å²) < 4.78 is 18.0. The van der Waals surface area contributed by atoms with E-state index in [-0.39, 0.29) is 29.1 Å². The molecule has 0 radical (unpaired) electrons. The molecule has 0 aliphatic heterocycles. The number of carbonyl (C=O) groups is 2. The summed E-state index contributed by atoms with van der Waals surface area (Å²) in [5, 5.41) is 13.8. The molecule has 1 fully saturated rings. The predicted octanol–water partition coefficient (Wildman–Crippen LogP) is 3.23. The highest BCUT2D eigenvalue weighted by molar-refractivity contribution is 6.00. The van der Waals surface area contributed by atoms with Crippen LogP contribution in [-0.2, 0) is 18.9 Å². The van der Waals surface area contributed by atoms with Crippen LogP contribution in [0.5, 0.6) is 0 Å². The zero-order valence-electron chi connectivity index (χ0n) is 19.9. The summed E-state index contributed by atoms with van der Waals surface area (Å²) in [6.07, 6.45) is 8.24. The van der Waals surface area contributed by atoms with Gasteiger partial charge >= 0.3 is 0 Å². The molecule has 2 N–H and O–H groups in total. The lowest BCUT2D eigenvalue weighted by atomic mass is 9.79. The number of nitrogens with one attached hydrogen (secondary N) is 2. The van der Waals surface area contributed by atoms with Gasteiger partial charge in [0.15, 0.2) is 5.82 Å². The molecule has 180 valence electrons. The van der Waals surface area contributed by atoms with E-state index in [0.717, 1.165) is 31.2 Å². The second-order valence-corrected chi connectivity index (χ2v) is 9.15. The van der Waals surface area contributed by atoms with E-state index >= 15 is 0 Å². The Balaban J connectivity index is 1.54. The molecule has 0 saturated heterocycles. The van der Waals surface area contributed by atoms with Crippen LogP contribution >= 0.6 is 0 Å². The van der Waals surface area contributed by atoms with Crippen LogP contribution in [0, 0.1) is 24.6 Å². The van der Waals surface area contributed by atoms with Gasteiger partial charge in [0, 0.05) is 26.4 Å². The lowest BCUT2D eigenvalue weighted by Crippen LogP contribution is -2.49. The first kappa shape index (κ1) is 23.6. The summed E-state index contributed by atoms with van der Waals surface area (Å²) in [6.45, 7) is 4.03. The van der Waals surface area contributed by atoms with Crippen molar-refractivity contribution in [3.63, 3.8) is 0 Å². The van der Waals surface area contributed by atoms with E-state index in [1.807, 2.05) is 6.92 Å². The maximum atomic E-state index is 14.9. The molecule has 9 nitrogen and oxygen atoms in total. The summed E-state index contributed by atoms with van der Waals surface area (Å²) in [5.41, 5.74) is 2.14. The third-order valence-corrected chi connectivity index (χ3v) is 6.61.